The Balaban J connectivity index is 1.48. The molecule has 0 spiro atoms. The summed E-state index contributed by atoms with van der Waals surface area (Å²) in [5.74, 6) is 2.11. The highest BCUT2D eigenvalue weighted by Gasteiger charge is 2.25. The zero-order chi connectivity index (χ0) is 23.7. The lowest BCUT2D eigenvalue weighted by atomic mass is 10.0. The molecule has 3 aromatic carbocycles. The minimum Gasteiger partial charge on any atom is -0.438 e. The van der Waals surface area contributed by atoms with Crippen LogP contribution in [0.4, 0.5) is 5.69 Å². The summed E-state index contributed by atoms with van der Waals surface area (Å²) in [6.45, 7) is 2.06. The largest absolute Gasteiger partial charge is 0.438 e. The Kier molecular flexibility index (Phi) is 6.26. The molecule has 0 radical (unpaired) electrons. The number of thioether (sulfide) groups is 1. The van der Waals surface area contributed by atoms with E-state index >= 15 is 0 Å². The van der Waals surface area contributed by atoms with Gasteiger partial charge in [-0.2, -0.15) is 4.98 Å². The van der Waals surface area contributed by atoms with Gasteiger partial charge in [0.1, 0.15) is 10.8 Å². The van der Waals surface area contributed by atoms with Crippen LogP contribution in [0.2, 0.25) is 5.02 Å². The van der Waals surface area contributed by atoms with Gasteiger partial charge in [-0.25, -0.2) is 4.98 Å². The number of anilines is 1. The van der Waals surface area contributed by atoms with Gasteiger partial charge in [0.2, 0.25) is 11.8 Å². The van der Waals surface area contributed by atoms with Crippen LogP contribution in [0.15, 0.2) is 77.8 Å². The van der Waals surface area contributed by atoms with Crippen LogP contribution in [0, 0.1) is 6.92 Å². The van der Waals surface area contributed by atoms with Crippen LogP contribution in [0.25, 0.3) is 11.4 Å². The first-order chi connectivity index (χ1) is 16.5. The normalized spacial score (nSPS) is 11.9. The predicted molar refractivity (Wildman–Crippen MR) is 137 cm³/mol. The number of aryl methyl sites for hydroxylation is 1. The average Bonchev–Trinajstić information content (AvgIpc) is 2.86. The van der Waals surface area contributed by atoms with Crippen molar-refractivity contribution in [1.29, 1.82) is 0 Å². The summed E-state index contributed by atoms with van der Waals surface area (Å²) >= 11 is 7.48. The lowest BCUT2D eigenvalue weighted by molar-refractivity contribution is -0.115. The number of benzene rings is 3. The molecule has 0 atom stereocenters. The molecule has 34 heavy (non-hydrogen) atoms. The van der Waals surface area contributed by atoms with Gasteiger partial charge in [-0.1, -0.05) is 59.3 Å². The van der Waals surface area contributed by atoms with Gasteiger partial charge >= 0.3 is 0 Å². The van der Waals surface area contributed by atoms with Crippen LogP contribution < -0.4 is 9.64 Å². The Bertz CT molecular complexity index is 1360. The molecule has 7 heteroatoms. The molecule has 1 amide bonds. The SMILES string of the molecule is Cc1ccc2c(c1)Cc1c(nc(-c3ccc(Cl)cc3)nc1SCC(=O)N(C)c1ccccc1)O2. The van der Waals surface area contributed by atoms with E-state index in [4.69, 9.17) is 26.3 Å². The van der Waals surface area contributed by atoms with Crippen molar-refractivity contribution < 1.29 is 9.53 Å². The van der Waals surface area contributed by atoms with Crippen LogP contribution in [0.5, 0.6) is 11.6 Å². The molecule has 0 N–H and O–H groups in total. The minimum absolute atomic E-state index is 0.00965. The van der Waals surface area contributed by atoms with Gasteiger partial charge in [0.05, 0.1) is 11.3 Å². The standard InChI is InChI=1S/C27H22ClN3O2S/c1-17-8-13-23-19(14-17)15-22-26(33-23)29-25(18-9-11-20(28)12-10-18)30-27(22)34-16-24(32)31(2)21-6-4-3-5-7-21/h3-14H,15-16H2,1-2H3. The molecule has 0 bridgehead atoms. The number of aromatic nitrogens is 2. The molecule has 0 saturated heterocycles. The second kappa shape index (κ2) is 9.49. The number of hydrogen-bond acceptors (Lipinski definition) is 5. The topological polar surface area (TPSA) is 55.3 Å². The highest BCUT2D eigenvalue weighted by Crippen LogP contribution is 2.40. The quantitative estimate of drug-likeness (QED) is 0.207. The number of rotatable bonds is 5. The van der Waals surface area contributed by atoms with Crippen molar-refractivity contribution in [3.8, 4) is 23.0 Å². The van der Waals surface area contributed by atoms with E-state index in [1.807, 2.05) is 66.7 Å². The Morgan fingerprint density at radius 2 is 1.82 bits per heavy atom. The van der Waals surface area contributed by atoms with Crippen LogP contribution in [-0.2, 0) is 11.2 Å². The molecular formula is C27H22ClN3O2S. The third kappa shape index (κ3) is 4.65. The van der Waals surface area contributed by atoms with Gasteiger partial charge in [0.15, 0.2) is 5.82 Å². The van der Waals surface area contributed by atoms with E-state index in [2.05, 4.69) is 13.0 Å². The molecule has 0 saturated carbocycles. The molecule has 5 nitrogen and oxygen atoms in total. The van der Waals surface area contributed by atoms with Gasteiger partial charge in [-0.05, 0) is 55.0 Å². The van der Waals surface area contributed by atoms with Crippen molar-refractivity contribution in [2.24, 2.45) is 0 Å². The van der Waals surface area contributed by atoms with Gasteiger partial charge in [0.25, 0.3) is 0 Å². The highest BCUT2D eigenvalue weighted by molar-refractivity contribution is 8.00. The number of nitrogens with zero attached hydrogens (tertiary/aromatic N) is 3. The molecule has 170 valence electrons. The maximum atomic E-state index is 12.9. The second-order valence-corrected chi connectivity index (χ2v) is 9.51. The first-order valence-electron chi connectivity index (χ1n) is 10.9. The summed E-state index contributed by atoms with van der Waals surface area (Å²) < 4.78 is 6.20. The Labute approximate surface area is 207 Å². The van der Waals surface area contributed by atoms with Crippen LogP contribution in [0.1, 0.15) is 16.7 Å². The number of ether oxygens (including phenoxy) is 1. The fourth-order valence-electron chi connectivity index (χ4n) is 3.79. The van der Waals surface area contributed by atoms with Crippen LogP contribution in [0.3, 0.4) is 0 Å². The molecule has 1 aliphatic heterocycles. The highest BCUT2D eigenvalue weighted by atomic mass is 35.5. The third-order valence-electron chi connectivity index (χ3n) is 5.67. The summed E-state index contributed by atoms with van der Waals surface area (Å²) in [6, 6.07) is 23.1. The summed E-state index contributed by atoms with van der Waals surface area (Å²) in [5.41, 5.74) is 4.84. The third-order valence-corrected chi connectivity index (χ3v) is 6.93. The number of fused-ring (bicyclic) bond motifs is 2. The van der Waals surface area contributed by atoms with Crippen molar-refractivity contribution in [3.05, 3.63) is 94.5 Å². The smallest absolute Gasteiger partial charge is 0.237 e. The Morgan fingerprint density at radius 1 is 1.06 bits per heavy atom. The van der Waals surface area contributed by atoms with E-state index < -0.39 is 0 Å². The fourth-order valence-corrected chi connectivity index (χ4v) is 4.85. The molecule has 5 rings (SSSR count). The molecular weight excluding hydrogens is 466 g/mol. The molecule has 1 aliphatic rings. The number of carbonyl (C=O) groups is 1. The lowest BCUT2D eigenvalue weighted by Crippen LogP contribution is -2.28. The van der Waals surface area contributed by atoms with Crippen molar-refractivity contribution >= 4 is 35.0 Å². The van der Waals surface area contributed by atoms with Gasteiger partial charge in [-0.15, -0.1) is 0 Å². The maximum Gasteiger partial charge on any atom is 0.237 e. The predicted octanol–water partition coefficient (Wildman–Crippen LogP) is 6.56. The van der Waals surface area contributed by atoms with E-state index in [1.165, 1.54) is 17.3 Å². The molecule has 0 fully saturated rings. The van der Waals surface area contributed by atoms with Gasteiger partial charge < -0.3 is 9.64 Å². The molecule has 1 aromatic heterocycles. The molecule has 0 unspecified atom stereocenters. The van der Waals surface area contributed by atoms with E-state index in [-0.39, 0.29) is 11.7 Å². The van der Waals surface area contributed by atoms with Crippen molar-refractivity contribution in [3.63, 3.8) is 0 Å². The fraction of sp³-hybridized carbons (Fsp3) is 0.148. The Morgan fingerprint density at radius 3 is 2.59 bits per heavy atom. The van der Waals surface area contributed by atoms with Gasteiger partial charge in [0, 0.05) is 29.7 Å². The number of para-hydroxylation sites is 1. The van der Waals surface area contributed by atoms with Crippen molar-refractivity contribution in [2.75, 3.05) is 17.7 Å². The van der Waals surface area contributed by atoms with Crippen LogP contribution in [-0.4, -0.2) is 28.7 Å². The number of amides is 1. The first kappa shape index (κ1) is 22.4. The summed E-state index contributed by atoms with van der Waals surface area (Å²) in [6.07, 6.45) is 0.651. The Hall–Kier alpha value is -3.35. The second-order valence-electron chi connectivity index (χ2n) is 8.11. The monoisotopic (exact) mass is 487 g/mol. The zero-order valence-electron chi connectivity index (χ0n) is 18.8. The summed E-state index contributed by atoms with van der Waals surface area (Å²) in [5, 5.41) is 1.39. The number of carbonyl (C=O) groups excluding carboxylic acids is 1. The van der Waals surface area contributed by atoms with Crippen molar-refractivity contribution in [1.82, 2.24) is 9.97 Å². The minimum atomic E-state index is -0.00965. The van der Waals surface area contributed by atoms with Crippen LogP contribution >= 0.6 is 23.4 Å². The number of hydrogen-bond donors (Lipinski definition) is 0. The van der Waals surface area contributed by atoms with E-state index in [0.29, 0.717) is 23.1 Å². The van der Waals surface area contributed by atoms with E-state index in [1.54, 1.807) is 11.9 Å². The molecule has 0 aliphatic carbocycles. The maximum absolute atomic E-state index is 12.9. The summed E-state index contributed by atoms with van der Waals surface area (Å²) in [7, 11) is 1.79. The van der Waals surface area contributed by atoms with E-state index in [9.17, 15) is 4.79 Å². The number of halogens is 1. The first-order valence-corrected chi connectivity index (χ1v) is 12.2. The van der Waals surface area contributed by atoms with Gasteiger partial charge in [-0.3, -0.25) is 4.79 Å². The van der Waals surface area contributed by atoms with E-state index in [0.717, 1.165) is 33.2 Å². The molecule has 2 heterocycles. The zero-order valence-corrected chi connectivity index (χ0v) is 20.4. The summed E-state index contributed by atoms with van der Waals surface area (Å²) in [4.78, 5) is 24.2. The van der Waals surface area contributed by atoms with Crippen molar-refractivity contribution in [2.45, 2.75) is 18.4 Å². The molecule has 4 aromatic rings. The average molecular weight is 488 g/mol. The lowest BCUT2D eigenvalue weighted by Gasteiger charge is -2.22.